The minimum atomic E-state index is -0.254. The molecule has 0 saturated carbocycles. The van der Waals surface area contributed by atoms with Crippen LogP contribution in [0.4, 0.5) is 0 Å². The Hall–Kier alpha value is -1.24. The number of nitrogens with one attached hydrogen (secondary N) is 1. The van der Waals surface area contributed by atoms with Crippen molar-refractivity contribution in [2.75, 3.05) is 14.1 Å². The fourth-order valence-electron chi connectivity index (χ4n) is 1.39. The number of aromatic nitrogens is 3. The van der Waals surface area contributed by atoms with Crippen LogP contribution in [-0.2, 0) is 11.3 Å². The first-order chi connectivity index (χ1) is 7.97. The van der Waals surface area contributed by atoms with Gasteiger partial charge in [-0.3, -0.25) is 9.36 Å². The van der Waals surface area contributed by atoms with Crippen molar-refractivity contribution in [3.8, 4) is 0 Å². The quantitative estimate of drug-likeness (QED) is 0.783. The van der Waals surface area contributed by atoms with Crippen molar-refractivity contribution in [1.29, 1.82) is 0 Å². The average molecular weight is 258 g/mol. The highest BCUT2D eigenvalue weighted by atomic mass is 32.2. The molecule has 0 aliphatic heterocycles. The number of thioether (sulfide) groups is 1. The molecule has 17 heavy (non-hydrogen) atoms. The first kappa shape index (κ1) is 13.8. The molecule has 0 fully saturated rings. The molecular formula is C10H18N4O2S. The van der Waals surface area contributed by atoms with Gasteiger partial charge in [-0.25, -0.2) is 9.89 Å². The second-order valence-corrected chi connectivity index (χ2v) is 5.26. The summed E-state index contributed by atoms with van der Waals surface area (Å²) in [7, 11) is 3.42. The maximum Gasteiger partial charge on any atom is 0.343 e. The third-order valence-corrected chi connectivity index (χ3v) is 3.32. The van der Waals surface area contributed by atoms with Gasteiger partial charge in [-0.1, -0.05) is 18.7 Å². The zero-order valence-electron chi connectivity index (χ0n) is 10.6. The number of nitrogens with zero attached hydrogens (tertiary/aromatic N) is 3. The highest BCUT2D eigenvalue weighted by Gasteiger charge is 2.19. The van der Waals surface area contributed by atoms with E-state index in [2.05, 4.69) is 10.2 Å². The van der Waals surface area contributed by atoms with Crippen LogP contribution in [0.5, 0.6) is 0 Å². The largest absolute Gasteiger partial charge is 0.348 e. The van der Waals surface area contributed by atoms with Crippen molar-refractivity contribution < 1.29 is 4.79 Å². The lowest BCUT2D eigenvalue weighted by Gasteiger charge is -2.15. The third-order valence-electron chi connectivity index (χ3n) is 2.24. The normalized spacial score (nSPS) is 12.5. The van der Waals surface area contributed by atoms with Crippen LogP contribution in [0.1, 0.15) is 20.3 Å². The van der Waals surface area contributed by atoms with Gasteiger partial charge in [-0.05, 0) is 13.3 Å². The second kappa shape index (κ2) is 5.90. The molecule has 0 saturated heterocycles. The molecule has 7 heteroatoms. The van der Waals surface area contributed by atoms with Crippen molar-refractivity contribution >= 4 is 17.7 Å². The monoisotopic (exact) mass is 258 g/mol. The van der Waals surface area contributed by atoms with Crippen molar-refractivity contribution in [2.24, 2.45) is 0 Å². The fraction of sp³-hybridized carbons (Fsp3) is 0.700. The van der Waals surface area contributed by atoms with Crippen LogP contribution in [0.25, 0.3) is 0 Å². The molecule has 1 atom stereocenters. The number of carbonyl (C=O) groups excluding carboxylic acids is 1. The highest BCUT2D eigenvalue weighted by Crippen LogP contribution is 2.20. The van der Waals surface area contributed by atoms with Gasteiger partial charge < -0.3 is 4.90 Å². The van der Waals surface area contributed by atoms with Crippen LogP contribution in [0.3, 0.4) is 0 Å². The maximum absolute atomic E-state index is 11.7. The zero-order valence-corrected chi connectivity index (χ0v) is 11.4. The molecule has 96 valence electrons. The number of carbonyl (C=O) groups is 1. The van der Waals surface area contributed by atoms with E-state index in [9.17, 15) is 9.59 Å². The van der Waals surface area contributed by atoms with Crippen LogP contribution in [-0.4, -0.2) is 44.9 Å². The van der Waals surface area contributed by atoms with Gasteiger partial charge in [-0.15, -0.1) is 5.10 Å². The van der Waals surface area contributed by atoms with E-state index < -0.39 is 0 Å². The van der Waals surface area contributed by atoms with Crippen LogP contribution >= 0.6 is 11.8 Å². The second-order valence-electron chi connectivity index (χ2n) is 3.96. The van der Waals surface area contributed by atoms with Gasteiger partial charge in [0.1, 0.15) is 0 Å². The zero-order chi connectivity index (χ0) is 13.0. The summed E-state index contributed by atoms with van der Waals surface area (Å²) in [5.41, 5.74) is -0.223. The third kappa shape index (κ3) is 3.36. The van der Waals surface area contributed by atoms with Gasteiger partial charge in [0.05, 0.1) is 5.25 Å². The fourth-order valence-corrected chi connectivity index (χ4v) is 2.41. The van der Waals surface area contributed by atoms with Gasteiger partial charge in [0.15, 0.2) is 5.16 Å². The Labute approximate surface area is 104 Å². The number of rotatable bonds is 5. The van der Waals surface area contributed by atoms with Crippen molar-refractivity contribution in [1.82, 2.24) is 19.7 Å². The van der Waals surface area contributed by atoms with E-state index in [1.54, 1.807) is 18.7 Å². The molecule has 1 aromatic heterocycles. The Bertz CT molecular complexity index is 438. The summed E-state index contributed by atoms with van der Waals surface area (Å²) in [5, 5.41) is 6.66. The Morgan fingerprint density at radius 1 is 1.59 bits per heavy atom. The molecule has 1 heterocycles. The summed E-state index contributed by atoms with van der Waals surface area (Å²) >= 11 is 1.30. The predicted molar refractivity (Wildman–Crippen MR) is 67.2 cm³/mol. The average Bonchev–Trinajstić information content (AvgIpc) is 2.60. The molecule has 0 aliphatic rings. The highest BCUT2D eigenvalue weighted by molar-refractivity contribution is 8.00. The Morgan fingerprint density at radius 2 is 2.24 bits per heavy atom. The Morgan fingerprint density at radius 3 is 2.76 bits per heavy atom. The van der Waals surface area contributed by atoms with E-state index in [1.165, 1.54) is 16.7 Å². The summed E-state index contributed by atoms with van der Waals surface area (Å²) in [5.74, 6) is 0.00787. The van der Waals surface area contributed by atoms with Gasteiger partial charge >= 0.3 is 5.69 Å². The molecule has 0 unspecified atom stereocenters. The molecule has 1 amide bonds. The molecule has 0 spiro atoms. The summed E-state index contributed by atoms with van der Waals surface area (Å²) in [6, 6.07) is 0. The van der Waals surface area contributed by atoms with E-state index in [4.69, 9.17) is 0 Å². The molecule has 0 aromatic carbocycles. The van der Waals surface area contributed by atoms with Crippen LogP contribution in [0.2, 0.25) is 0 Å². The Balaban J connectivity index is 2.81. The van der Waals surface area contributed by atoms with E-state index in [1.807, 2.05) is 13.8 Å². The lowest BCUT2D eigenvalue weighted by atomic mass is 10.4. The Kier molecular flexibility index (Phi) is 4.80. The van der Waals surface area contributed by atoms with Crippen molar-refractivity contribution in [2.45, 2.75) is 37.2 Å². The number of hydrogen-bond acceptors (Lipinski definition) is 4. The van der Waals surface area contributed by atoms with E-state index >= 15 is 0 Å². The van der Waals surface area contributed by atoms with E-state index in [-0.39, 0.29) is 16.8 Å². The minimum absolute atomic E-state index is 0.00787. The SMILES string of the molecule is CCCn1c(S[C@H](C)C(=O)N(C)C)n[nH]c1=O. The summed E-state index contributed by atoms with van der Waals surface area (Å²) in [6.45, 7) is 4.41. The van der Waals surface area contributed by atoms with Gasteiger partial charge in [0, 0.05) is 20.6 Å². The summed E-state index contributed by atoms with van der Waals surface area (Å²) in [4.78, 5) is 24.7. The van der Waals surface area contributed by atoms with Gasteiger partial charge in [0.2, 0.25) is 5.91 Å². The smallest absolute Gasteiger partial charge is 0.343 e. The number of aromatic amines is 1. The molecule has 0 aliphatic carbocycles. The molecule has 1 aromatic rings. The van der Waals surface area contributed by atoms with E-state index in [0.717, 1.165) is 6.42 Å². The van der Waals surface area contributed by atoms with Crippen LogP contribution in [0, 0.1) is 0 Å². The molecule has 0 radical (unpaired) electrons. The van der Waals surface area contributed by atoms with Gasteiger partial charge in [-0.2, -0.15) is 0 Å². The molecule has 1 rings (SSSR count). The lowest BCUT2D eigenvalue weighted by Crippen LogP contribution is -2.30. The first-order valence-electron chi connectivity index (χ1n) is 5.50. The van der Waals surface area contributed by atoms with Crippen LogP contribution in [0.15, 0.2) is 9.95 Å². The standard InChI is InChI=1S/C10H18N4O2S/c1-5-6-14-9(16)11-12-10(14)17-7(2)8(15)13(3)4/h7H,5-6H2,1-4H3,(H,11,16)/t7-/m1/s1. The summed E-state index contributed by atoms with van der Waals surface area (Å²) in [6.07, 6.45) is 0.850. The van der Waals surface area contributed by atoms with Crippen molar-refractivity contribution in [3.63, 3.8) is 0 Å². The number of H-pyrrole nitrogens is 1. The lowest BCUT2D eigenvalue weighted by molar-refractivity contribution is -0.127. The van der Waals surface area contributed by atoms with E-state index in [0.29, 0.717) is 11.7 Å². The first-order valence-corrected chi connectivity index (χ1v) is 6.38. The molecular weight excluding hydrogens is 240 g/mol. The topological polar surface area (TPSA) is 71.0 Å². The number of hydrogen-bond donors (Lipinski definition) is 1. The number of amides is 1. The minimum Gasteiger partial charge on any atom is -0.348 e. The van der Waals surface area contributed by atoms with Crippen molar-refractivity contribution in [3.05, 3.63) is 10.5 Å². The summed E-state index contributed by atoms with van der Waals surface area (Å²) < 4.78 is 1.56. The molecule has 1 N–H and O–H groups in total. The van der Waals surface area contributed by atoms with Gasteiger partial charge in [0.25, 0.3) is 0 Å². The molecule has 6 nitrogen and oxygen atoms in total. The predicted octanol–water partition coefficient (Wildman–Crippen LogP) is 0.550. The molecule has 0 bridgehead atoms. The maximum atomic E-state index is 11.7. The van der Waals surface area contributed by atoms with Crippen LogP contribution < -0.4 is 5.69 Å².